The summed E-state index contributed by atoms with van der Waals surface area (Å²) in [7, 11) is 0. The molecule has 3 aromatic heterocycles. The van der Waals surface area contributed by atoms with Crippen molar-refractivity contribution in [2.24, 2.45) is 0 Å². The molecule has 0 fully saturated rings. The second-order valence-corrected chi connectivity index (χ2v) is 4.71. The van der Waals surface area contributed by atoms with E-state index in [9.17, 15) is 4.79 Å². The molecule has 2 N–H and O–H groups in total. The highest BCUT2D eigenvalue weighted by Gasteiger charge is 2.09. The quantitative estimate of drug-likeness (QED) is 0.703. The maximum Gasteiger partial charge on any atom is 0.303 e. The second kappa shape index (κ2) is 6.17. The summed E-state index contributed by atoms with van der Waals surface area (Å²) >= 11 is 0. The van der Waals surface area contributed by atoms with E-state index in [1.165, 1.54) is 0 Å². The zero-order chi connectivity index (χ0) is 15.4. The van der Waals surface area contributed by atoms with Gasteiger partial charge in [0.1, 0.15) is 5.82 Å². The fraction of sp³-hybridized carbons (Fsp3) is 0.214. The molecule has 0 unspecified atom stereocenters. The number of carboxylic acids is 1. The van der Waals surface area contributed by atoms with Crippen molar-refractivity contribution in [1.82, 2.24) is 24.8 Å². The minimum atomic E-state index is -0.873. The van der Waals surface area contributed by atoms with Gasteiger partial charge in [-0.15, -0.1) is 15.3 Å². The molecule has 8 nitrogen and oxygen atoms in total. The Hall–Kier alpha value is -3.03. The van der Waals surface area contributed by atoms with Crippen LogP contribution in [0.1, 0.15) is 17.8 Å². The number of anilines is 1. The molecule has 0 saturated carbocycles. The van der Waals surface area contributed by atoms with Crippen molar-refractivity contribution in [2.45, 2.75) is 19.4 Å². The van der Waals surface area contributed by atoms with Gasteiger partial charge in [-0.25, -0.2) is 0 Å². The molecule has 3 rings (SSSR count). The van der Waals surface area contributed by atoms with Gasteiger partial charge < -0.3 is 10.4 Å². The Labute approximate surface area is 125 Å². The van der Waals surface area contributed by atoms with E-state index < -0.39 is 5.97 Å². The van der Waals surface area contributed by atoms with Gasteiger partial charge in [-0.3, -0.25) is 9.78 Å². The van der Waals surface area contributed by atoms with Crippen LogP contribution in [0, 0.1) is 0 Å². The molecule has 22 heavy (non-hydrogen) atoms. The highest BCUT2D eigenvalue weighted by atomic mass is 16.4. The van der Waals surface area contributed by atoms with Crippen molar-refractivity contribution in [1.29, 1.82) is 0 Å². The first-order valence-corrected chi connectivity index (χ1v) is 6.78. The van der Waals surface area contributed by atoms with Crippen LogP contribution in [0.15, 0.2) is 36.7 Å². The number of carbonyl (C=O) groups is 1. The molecule has 3 aromatic rings. The Bertz CT molecular complexity index is 786. The summed E-state index contributed by atoms with van der Waals surface area (Å²) in [5, 5.41) is 24.3. The average Bonchev–Trinajstić information content (AvgIpc) is 2.94. The summed E-state index contributed by atoms with van der Waals surface area (Å²) in [5.74, 6) is 0.317. The van der Waals surface area contributed by atoms with Gasteiger partial charge in [-0.05, 0) is 23.8 Å². The number of hydrogen-bond donors (Lipinski definition) is 2. The van der Waals surface area contributed by atoms with E-state index in [-0.39, 0.29) is 12.8 Å². The molecule has 0 bridgehead atoms. The summed E-state index contributed by atoms with van der Waals surface area (Å²) in [6.45, 7) is 0.596. The maximum absolute atomic E-state index is 10.7. The predicted octanol–water partition coefficient (Wildman–Crippen LogP) is 1.15. The first-order chi connectivity index (χ1) is 10.7. The van der Waals surface area contributed by atoms with Crippen LogP contribution in [0.5, 0.6) is 0 Å². The second-order valence-electron chi connectivity index (χ2n) is 4.71. The van der Waals surface area contributed by atoms with Crippen LogP contribution < -0.4 is 5.32 Å². The zero-order valence-electron chi connectivity index (χ0n) is 11.7. The maximum atomic E-state index is 10.7. The highest BCUT2D eigenvalue weighted by molar-refractivity contribution is 5.66. The number of pyridine rings is 1. The number of rotatable bonds is 6. The molecule has 0 radical (unpaired) electrons. The van der Waals surface area contributed by atoms with Crippen LogP contribution in [0.3, 0.4) is 0 Å². The number of aliphatic carboxylic acids is 1. The third-order valence-electron chi connectivity index (χ3n) is 3.09. The minimum Gasteiger partial charge on any atom is -0.481 e. The SMILES string of the molecule is O=C(O)CCc1nnc2ccc(NCc3cccnc3)nn12. The Morgan fingerprint density at radius 1 is 1.27 bits per heavy atom. The Balaban J connectivity index is 1.76. The first kappa shape index (κ1) is 13.9. The summed E-state index contributed by atoms with van der Waals surface area (Å²) in [6.07, 6.45) is 3.79. The summed E-state index contributed by atoms with van der Waals surface area (Å²) in [6, 6.07) is 7.43. The number of aryl methyl sites for hydroxylation is 1. The van der Waals surface area contributed by atoms with Gasteiger partial charge in [-0.1, -0.05) is 6.07 Å². The summed E-state index contributed by atoms with van der Waals surface area (Å²) < 4.78 is 1.56. The van der Waals surface area contributed by atoms with Crippen LogP contribution in [-0.2, 0) is 17.8 Å². The average molecular weight is 298 g/mol. The van der Waals surface area contributed by atoms with E-state index in [0.29, 0.717) is 23.8 Å². The van der Waals surface area contributed by atoms with Crippen molar-refractivity contribution in [3.8, 4) is 0 Å². The van der Waals surface area contributed by atoms with Crippen LogP contribution in [0.4, 0.5) is 5.82 Å². The van der Waals surface area contributed by atoms with Gasteiger partial charge >= 0.3 is 5.97 Å². The lowest BCUT2D eigenvalue weighted by atomic mass is 10.3. The van der Waals surface area contributed by atoms with Gasteiger partial charge in [-0.2, -0.15) is 4.52 Å². The molecule has 3 heterocycles. The molecule has 8 heteroatoms. The van der Waals surface area contributed by atoms with Gasteiger partial charge in [0.25, 0.3) is 0 Å². The number of hydrogen-bond acceptors (Lipinski definition) is 6. The molecule has 0 amide bonds. The van der Waals surface area contributed by atoms with E-state index in [1.54, 1.807) is 29.0 Å². The lowest BCUT2D eigenvalue weighted by Gasteiger charge is -2.06. The Morgan fingerprint density at radius 2 is 2.18 bits per heavy atom. The topological polar surface area (TPSA) is 105 Å². The fourth-order valence-corrected chi connectivity index (χ4v) is 2.00. The van der Waals surface area contributed by atoms with Crippen molar-refractivity contribution >= 4 is 17.4 Å². The Kier molecular flexibility index (Phi) is 3.90. The number of fused-ring (bicyclic) bond motifs is 1. The molecule has 0 aliphatic heterocycles. The van der Waals surface area contributed by atoms with E-state index >= 15 is 0 Å². The molecule has 0 aliphatic rings. The van der Waals surface area contributed by atoms with E-state index in [0.717, 1.165) is 5.56 Å². The van der Waals surface area contributed by atoms with E-state index in [4.69, 9.17) is 5.11 Å². The molecular formula is C14H14N6O2. The molecule has 0 spiro atoms. The monoisotopic (exact) mass is 298 g/mol. The number of nitrogens with zero attached hydrogens (tertiary/aromatic N) is 5. The van der Waals surface area contributed by atoms with E-state index in [1.807, 2.05) is 12.1 Å². The van der Waals surface area contributed by atoms with Crippen LogP contribution >= 0.6 is 0 Å². The predicted molar refractivity (Wildman–Crippen MR) is 78.3 cm³/mol. The molecule has 112 valence electrons. The van der Waals surface area contributed by atoms with Crippen LogP contribution in [-0.4, -0.2) is 35.9 Å². The van der Waals surface area contributed by atoms with Gasteiger partial charge in [0.2, 0.25) is 0 Å². The van der Waals surface area contributed by atoms with E-state index in [2.05, 4.69) is 25.6 Å². The first-order valence-electron chi connectivity index (χ1n) is 6.78. The third kappa shape index (κ3) is 3.17. The number of aromatic nitrogens is 5. The number of nitrogens with one attached hydrogen (secondary N) is 1. The Morgan fingerprint density at radius 3 is 2.95 bits per heavy atom. The van der Waals surface area contributed by atoms with Gasteiger partial charge in [0.15, 0.2) is 11.5 Å². The molecule has 0 aliphatic carbocycles. The van der Waals surface area contributed by atoms with Gasteiger partial charge in [0.05, 0.1) is 6.42 Å². The van der Waals surface area contributed by atoms with Crippen molar-refractivity contribution in [3.05, 3.63) is 48.0 Å². The van der Waals surface area contributed by atoms with Gasteiger partial charge in [0, 0.05) is 25.4 Å². The molecule has 0 atom stereocenters. The minimum absolute atomic E-state index is 0.00415. The smallest absolute Gasteiger partial charge is 0.303 e. The fourth-order valence-electron chi connectivity index (χ4n) is 2.00. The van der Waals surface area contributed by atoms with Crippen molar-refractivity contribution in [3.63, 3.8) is 0 Å². The molecule has 0 aromatic carbocycles. The summed E-state index contributed by atoms with van der Waals surface area (Å²) in [5.41, 5.74) is 1.63. The standard InChI is InChI=1S/C14H14N6O2/c21-14(22)6-5-13-18-17-12-4-3-11(19-20(12)13)16-9-10-2-1-7-15-8-10/h1-4,7-8H,5-6,9H2,(H,16,19)(H,21,22). The third-order valence-corrected chi connectivity index (χ3v) is 3.09. The summed E-state index contributed by atoms with van der Waals surface area (Å²) in [4.78, 5) is 14.7. The van der Waals surface area contributed by atoms with Crippen LogP contribution in [0.2, 0.25) is 0 Å². The lowest BCUT2D eigenvalue weighted by molar-refractivity contribution is -0.137. The molecule has 0 saturated heterocycles. The molecular weight excluding hydrogens is 284 g/mol. The highest BCUT2D eigenvalue weighted by Crippen LogP contribution is 2.10. The largest absolute Gasteiger partial charge is 0.481 e. The zero-order valence-corrected chi connectivity index (χ0v) is 11.7. The lowest BCUT2D eigenvalue weighted by Crippen LogP contribution is -2.07. The number of carboxylic acid groups (broad SMARTS) is 1. The van der Waals surface area contributed by atoms with Crippen molar-refractivity contribution in [2.75, 3.05) is 5.32 Å². The van der Waals surface area contributed by atoms with Crippen LogP contribution in [0.25, 0.3) is 5.65 Å². The normalized spacial score (nSPS) is 10.7. The van der Waals surface area contributed by atoms with Crippen molar-refractivity contribution < 1.29 is 9.90 Å².